The minimum Gasteiger partial charge on any atom is -0.481 e. The van der Waals surface area contributed by atoms with Gasteiger partial charge in [-0.2, -0.15) is 0 Å². The van der Waals surface area contributed by atoms with Gasteiger partial charge in [-0.05, 0) is 54.8 Å². The number of sulfonamides is 1. The van der Waals surface area contributed by atoms with Gasteiger partial charge in [0.1, 0.15) is 0 Å². The molecule has 0 radical (unpaired) electrons. The highest BCUT2D eigenvalue weighted by Crippen LogP contribution is 2.26. The van der Waals surface area contributed by atoms with Gasteiger partial charge in [-0.1, -0.05) is 12.1 Å². The Balaban J connectivity index is 1.74. The first-order chi connectivity index (χ1) is 12.8. The Morgan fingerprint density at radius 3 is 2.41 bits per heavy atom. The number of anilines is 2. The Morgan fingerprint density at radius 1 is 1.15 bits per heavy atom. The van der Waals surface area contributed by atoms with Crippen molar-refractivity contribution in [3.05, 3.63) is 59.2 Å². The number of nitrogens with zero attached hydrogens (tertiary/aromatic N) is 1. The maximum Gasteiger partial charge on any atom is 0.307 e. The lowest BCUT2D eigenvalue weighted by molar-refractivity contribution is -0.136. The van der Waals surface area contributed by atoms with E-state index in [0.29, 0.717) is 41.0 Å². The van der Waals surface area contributed by atoms with Crippen LogP contribution in [0.2, 0.25) is 0 Å². The fourth-order valence-corrected chi connectivity index (χ4v) is 4.62. The molecular formula is C19H20N2O5S. The number of carbonyl (C=O) groups is 2. The normalized spacial score (nSPS) is 15.5. The second-order valence-corrected chi connectivity index (χ2v) is 8.48. The highest BCUT2D eigenvalue weighted by atomic mass is 32.2. The molecule has 0 saturated carbocycles. The molecule has 1 amide bonds. The van der Waals surface area contributed by atoms with Crippen LogP contribution >= 0.6 is 0 Å². The first kappa shape index (κ1) is 18.9. The summed E-state index contributed by atoms with van der Waals surface area (Å²) in [6.07, 6.45) is 0.524. The zero-order valence-corrected chi connectivity index (χ0v) is 15.6. The van der Waals surface area contributed by atoms with E-state index in [4.69, 9.17) is 5.11 Å². The summed E-state index contributed by atoms with van der Waals surface area (Å²) >= 11 is 0. The third-order valence-corrected chi connectivity index (χ3v) is 6.28. The number of benzene rings is 2. The third kappa shape index (κ3) is 4.28. The fourth-order valence-electron chi connectivity index (χ4n) is 3.07. The summed E-state index contributed by atoms with van der Waals surface area (Å²) in [6.45, 7) is 2.22. The van der Waals surface area contributed by atoms with Gasteiger partial charge < -0.3 is 10.4 Å². The monoisotopic (exact) mass is 388 g/mol. The molecule has 0 atom stereocenters. The number of carboxylic acids is 1. The second kappa shape index (κ2) is 7.40. The summed E-state index contributed by atoms with van der Waals surface area (Å²) < 4.78 is 25.5. The number of carboxylic acid groups (broad SMARTS) is 1. The van der Waals surface area contributed by atoms with Crippen LogP contribution in [0, 0.1) is 6.92 Å². The summed E-state index contributed by atoms with van der Waals surface area (Å²) in [6, 6.07) is 11.6. The van der Waals surface area contributed by atoms with E-state index in [1.54, 1.807) is 49.4 Å². The summed E-state index contributed by atoms with van der Waals surface area (Å²) in [5, 5.41) is 11.6. The van der Waals surface area contributed by atoms with Crippen LogP contribution in [0.15, 0.2) is 42.5 Å². The minimum atomic E-state index is -3.26. The van der Waals surface area contributed by atoms with E-state index in [1.807, 2.05) is 0 Å². The molecule has 0 aliphatic carbocycles. The summed E-state index contributed by atoms with van der Waals surface area (Å²) in [5.74, 6) is -1.08. The van der Waals surface area contributed by atoms with Crippen molar-refractivity contribution < 1.29 is 23.1 Å². The highest BCUT2D eigenvalue weighted by Gasteiger charge is 2.28. The summed E-state index contributed by atoms with van der Waals surface area (Å²) in [7, 11) is -3.26. The van der Waals surface area contributed by atoms with E-state index in [1.165, 1.54) is 4.31 Å². The Labute approximate surface area is 157 Å². The predicted octanol–water partition coefficient (Wildman–Crippen LogP) is 2.41. The number of aryl methyl sites for hydroxylation is 1. The lowest BCUT2D eigenvalue weighted by Crippen LogP contribution is -2.25. The number of hydrogen-bond acceptors (Lipinski definition) is 4. The van der Waals surface area contributed by atoms with Crippen molar-refractivity contribution in [3.8, 4) is 0 Å². The van der Waals surface area contributed by atoms with Gasteiger partial charge in [0.15, 0.2) is 0 Å². The molecule has 0 spiro atoms. The van der Waals surface area contributed by atoms with Gasteiger partial charge in [-0.25, -0.2) is 8.42 Å². The molecule has 142 valence electrons. The molecule has 27 heavy (non-hydrogen) atoms. The van der Waals surface area contributed by atoms with Crippen LogP contribution in [0.5, 0.6) is 0 Å². The van der Waals surface area contributed by atoms with Crippen molar-refractivity contribution in [1.29, 1.82) is 0 Å². The Kier molecular flexibility index (Phi) is 5.18. The van der Waals surface area contributed by atoms with E-state index in [0.717, 1.165) is 0 Å². The standard InChI is InChI=1S/C19H20N2O5S/c1-13-11-16(21-9-2-10-27(21,25)26)7-8-17(13)19(24)20-15-5-3-14(4-6-15)12-18(22)23/h3-8,11H,2,9-10,12H2,1H3,(H,20,24)(H,22,23). The van der Waals surface area contributed by atoms with Gasteiger partial charge in [0.2, 0.25) is 10.0 Å². The average molecular weight is 388 g/mol. The van der Waals surface area contributed by atoms with Gasteiger partial charge in [-0.15, -0.1) is 0 Å². The predicted molar refractivity (Wildman–Crippen MR) is 103 cm³/mol. The molecule has 1 saturated heterocycles. The highest BCUT2D eigenvalue weighted by molar-refractivity contribution is 7.93. The lowest BCUT2D eigenvalue weighted by atomic mass is 10.1. The van der Waals surface area contributed by atoms with E-state index in [2.05, 4.69) is 5.32 Å². The third-order valence-electron chi connectivity index (χ3n) is 4.41. The summed E-state index contributed by atoms with van der Waals surface area (Å²) in [5.41, 5.74) is 2.90. The van der Waals surface area contributed by atoms with E-state index in [-0.39, 0.29) is 18.1 Å². The first-order valence-electron chi connectivity index (χ1n) is 8.49. The van der Waals surface area contributed by atoms with E-state index >= 15 is 0 Å². The minimum absolute atomic E-state index is 0.0752. The molecule has 0 bridgehead atoms. The fraction of sp³-hybridized carbons (Fsp3) is 0.263. The molecule has 2 aromatic carbocycles. The molecule has 0 unspecified atom stereocenters. The number of carbonyl (C=O) groups excluding carboxylic acids is 1. The second-order valence-electron chi connectivity index (χ2n) is 6.46. The topological polar surface area (TPSA) is 104 Å². The molecule has 1 aliphatic heterocycles. The van der Waals surface area contributed by atoms with Gasteiger partial charge in [0, 0.05) is 17.8 Å². The Bertz CT molecular complexity index is 984. The molecule has 2 N–H and O–H groups in total. The Hall–Kier alpha value is -2.87. The molecule has 8 heteroatoms. The zero-order valence-electron chi connectivity index (χ0n) is 14.8. The zero-order chi connectivity index (χ0) is 19.6. The number of hydrogen-bond donors (Lipinski definition) is 2. The van der Waals surface area contributed by atoms with Crippen LogP contribution in [0.1, 0.15) is 27.9 Å². The van der Waals surface area contributed by atoms with Gasteiger partial charge in [-0.3, -0.25) is 13.9 Å². The van der Waals surface area contributed by atoms with Gasteiger partial charge in [0.25, 0.3) is 5.91 Å². The SMILES string of the molecule is Cc1cc(N2CCCS2(=O)=O)ccc1C(=O)Nc1ccc(CC(=O)O)cc1. The molecule has 0 aromatic heterocycles. The largest absolute Gasteiger partial charge is 0.481 e. The number of amides is 1. The number of nitrogens with one attached hydrogen (secondary N) is 1. The van der Waals surface area contributed by atoms with Crippen LogP contribution in [-0.4, -0.2) is 37.7 Å². The van der Waals surface area contributed by atoms with Crippen LogP contribution < -0.4 is 9.62 Å². The first-order valence-corrected chi connectivity index (χ1v) is 10.1. The van der Waals surface area contributed by atoms with Crippen molar-refractivity contribution in [2.75, 3.05) is 21.9 Å². The molecular weight excluding hydrogens is 368 g/mol. The number of aliphatic carboxylic acids is 1. The number of rotatable bonds is 5. The molecule has 7 nitrogen and oxygen atoms in total. The van der Waals surface area contributed by atoms with Crippen LogP contribution in [0.4, 0.5) is 11.4 Å². The van der Waals surface area contributed by atoms with Crippen LogP contribution in [0.25, 0.3) is 0 Å². The average Bonchev–Trinajstić information content (AvgIpc) is 2.95. The van der Waals surface area contributed by atoms with Crippen molar-refractivity contribution >= 4 is 33.3 Å². The van der Waals surface area contributed by atoms with Crippen LogP contribution in [-0.2, 0) is 21.2 Å². The van der Waals surface area contributed by atoms with E-state index in [9.17, 15) is 18.0 Å². The maximum absolute atomic E-state index is 12.5. The van der Waals surface area contributed by atoms with Crippen molar-refractivity contribution in [2.45, 2.75) is 19.8 Å². The maximum atomic E-state index is 12.5. The molecule has 1 fully saturated rings. The van der Waals surface area contributed by atoms with Crippen molar-refractivity contribution in [1.82, 2.24) is 0 Å². The van der Waals surface area contributed by atoms with Gasteiger partial charge in [0.05, 0.1) is 17.9 Å². The van der Waals surface area contributed by atoms with E-state index < -0.39 is 16.0 Å². The van der Waals surface area contributed by atoms with Crippen molar-refractivity contribution in [2.24, 2.45) is 0 Å². The molecule has 3 rings (SSSR count). The smallest absolute Gasteiger partial charge is 0.307 e. The molecule has 1 aliphatic rings. The van der Waals surface area contributed by atoms with Crippen LogP contribution in [0.3, 0.4) is 0 Å². The quantitative estimate of drug-likeness (QED) is 0.819. The lowest BCUT2D eigenvalue weighted by Gasteiger charge is -2.18. The molecule has 1 heterocycles. The van der Waals surface area contributed by atoms with Crippen molar-refractivity contribution in [3.63, 3.8) is 0 Å². The van der Waals surface area contributed by atoms with Gasteiger partial charge >= 0.3 is 5.97 Å². The molecule has 2 aromatic rings. The Morgan fingerprint density at radius 2 is 1.85 bits per heavy atom. The summed E-state index contributed by atoms with van der Waals surface area (Å²) in [4.78, 5) is 23.2.